The molecule has 5 nitrogen and oxygen atoms in total. The number of amides is 1. The van der Waals surface area contributed by atoms with Crippen molar-refractivity contribution in [2.75, 3.05) is 13.1 Å². The van der Waals surface area contributed by atoms with Crippen LogP contribution >= 0.6 is 0 Å². The van der Waals surface area contributed by atoms with E-state index in [1.165, 1.54) is 0 Å². The van der Waals surface area contributed by atoms with E-state index in [-0.39, 0.29) is 11.6 Å². The number of pyridine rings is 1. The van der Waals surface area contributed by atoms with Gasteiger partial charge in [-0.1, -0.05) is 0 Å². The van der Waals surface area contributed by atoms with Gasteiger partial charge < -0.3 is 9.64 Å². The summed E-state index contributed by atoms with van der Waals surface area (Å²) < 4.78 is 5.58. The van der Waals surface area contributed by atoms with Gasteiger partial charge in [-0.3, -0.25) is 9.59 Å². The number of aromatic nitrogens is 1. The van der Waals surface area contributed by atoms with Gasteiger partial charge in [-0.05, 0) is 38.8 Å². The first-order chi connectivity index (χ1) is 9.11. The summed E-state index contributed by atoms with van der Waals surface area (Å²) in [5.41, 5.74) is 0.981. The van der Waals surface area contributed by atoms with Gasteiger partial charge in [0.05, 0.1) is 0 Å². The highest BCUT2D eigenvalue weighted by Crippen LogP contribution is 2.18. The normalized spacial score (nSPS) is 16.2. The van der Waals surface area contributed by atoms with E-state index in [2.05, 4.69) is 4.98 Å². The number of hydrogen-bond acceptors (Lipinski definition) is 4. The Kier molecular flexibility index (Phi) is 4.14. The Morgan fingerprint density at radius 2 is 2.11 bits per heavy atom. The number of nitrogens with zero attached hydrogens (tertiary/aromatic N) is 2. The molecular weight excluding hydrogens is 244 g/mol. The molecule has 0 bridgehead atoms. The van der Waals surface area contributed by atoms with E-state index in [1.54, 1.807) is 30.9 Å². The van der Waals surface area contributed by atoms with Crippen LogP contribution in [0.5, 0.6) is 5.75 Å². The molecule has 0 aromatic carbocycles. The molecule has 1 aliphatic heterocycles. The summed E-state index contributed by atoms with van der Waals surface area (Å²) in [5.74, 6) is 0.329. The third-order valence-corrected chi connectivity index (χ3v) is 3.21. The van der Waals surface area contributed by atoms with Gasteiger partial charge in [0.25, 0.3) is 5.91 Å². The molecule has 1 saturated heterocycles. The minimum atomic E-state index is -0.596. The Morgan fingerprint density at radius 3 is 2.74 bits per heavy atom. The van der Waals surface area contributed by atoms with Gasteiger partial charge in [-0.2, -0.15) is 0 Å². The second-order valence-electron chi connectivity index (χ2n) is 4.75. The van der Waals surface area contributed by atoms with Gasteiger partial charge in [-0.25, -0.2) is 4.98 Å². The number of ether oxygens (including phenoxy) is 1. The maximum absolute atomic E-state index is 12.1. The van der Waals surface area contributed by atoms with Crippen LogP contribution in [0.2, 0.25) is 0 Å². The summed E-state index contributed by atoms with van der Waals surface area (Å²) in [6.45, 7) is 5.09. The van der Waals surface area contributed by atoms with Gasteiger partial charge in [0.1, 0.15) is 11.4 Å². The first kappa shape index (κ1) is 13.5. The molecule has 2 heterocycles. The number of likely N-dealkylation sites (tertiary alicyclic amines) is 1. The molecule has 1 amide bonds. The molecule has 1 unspecified atom stereocenters. The third kappa shape index (κ3) is 3.10. The number of carbonyl (C=O) groups is 2. The van der Waals surface area contributed by atoms with Gasteiger partial charge in [0, 0.05) is 18.8 Å². The van der Waals surface area contributed by atoms with Crippen LogP contribution in [-0.2, 0) is 4.79 Å². The van der Waals surface area contributed by atoms with Crippen molar-refractivity contribution in [1.82, 2.24) is 9.88 Å². The van der Waals surface area contributed by atoms with E-state index in [0.717, 1.165) is 31.6 Å². The maximum atomic E-state index is 12.1. The van der Waals surface area contributed by atoms with Gasteiger partial charge >= 0.3 is 0 Å². The molecule has 0 N–H and O–H groups in total. The van der Waals surface area contributed by atoms with Crippen molar-refractivity contribution in [3.05, 3.63) is 23.5 Å². The topological polar surface area (TPSA) is 59.5 Å². The van der Waals surface area contributed by atoms with Crippen LogP contribution in [0, 0.1) is 6.92 Å². The SMILES string of the molecule is Cc1ccc(OC(C)C(=O)N2CCCC2)c(C=O)n1. The van der Waals surface area contributed by atoms with E-state index >= 15 is 0 Å². The van der Waals surface area contributed by atoms with Gasteiger partial charge in [0.15, 0.2) is 12.4 Å². The monoisotopic (exact) mass is 262 g/mol. The average molecular weight is 262 g/mol. The van der Waals surface area contributed by atoms with Gasteiger partial charge in [-0.15, -0.1) is 0 Å². The molecule has 0 spiro atoms. The smallest absolute Gasteiger partial charge is 0.263 e. The Hall–Kier alpha value is -1.91. The van der Waals surface area contributed by atoms with Crippen molar-refractivity contribution in [1.29, 1.82) is 0 Å². The minimum Gasteiger partial charge on any atom is -0.478 e. The summed E-state index contributed by atoms with van der Waals surface area (Å²) >= 11 is 0. The molecule has 2 rings (SSSR count). The average Bonchev–Trinajstić information content (AvgIpc) is 2.93. The Morgan fingerprint density at radius 1 is 1.42 bits per heavy atom. The van der Waals surface area contributed by atoms with Crippen LogP contribution in [-0.4, -0.2) is 41.3 Å². The zero-order valence-corrected chi connectivity index (χ0v) is 11.3. The zero-order valence-electron chi connectivity index (χ0n) is 11.3. The van der Waals surface area contributed by atoms with Crippen LogP contribution in [0.1, 0.15) is 35.9 Å². The quantitative estimate of drug-likeness (QED) is 0.773. The fourth-order valence-corrected chi connectivity index (χ4v) is 2.18. The lowest BCUT2D eigenvalue weighted by Crippen LogP contribution is -2.38. The summed E-state index contributed by atoms with van der Waals surface area (Å²) in [6.07, 6.45) is 2.14. The van der Waals surface area contributed by atoms with Crippen molar-refractivity contribution in [3.63, 3.8) is 0 Å². The highest BCUT2D eigenvalue weighted by Gasteiger charge is 2.25. The van der Waals surface area contributed by atoms with E-state index in [0.29, 0.717) is 12.0 Å². The predicted octanol–water partition coefficient (Wildman–Crippen LogP) is 1.59. The molecule has 1 atom stereocenters. The number of hydrogen-bond donors (Lipinski definition) is 0. The summed E-state index contributed by atoms with van der Waals surface area (Å²) in [6, 6.07) is 3.44. The molecule has 0 saturated carbocycles. The molecular formula is C14H18N2O3. The highest BCUT2D eigenvalue weighted by atomic mass is 16.5. The van der Waals surface area contributed by atoms with Crippen molar-refractivity contribution in [2.24, 2.45) is 0 Å². The van der Waals surface area contributed by atoms with Crippen LogP contribution in [0.25, 0.3) is 0 Å². The number of carbonyl (C=O) groups excluding carboxylic acids is 2. The molecule has 1 aromatic rings. The molecule has 1 fully saturated rings. The standard InChI is InChI=1S/C14H18N2O3/c1-10-5-6-13(12(9-17)15-10)19-11(2)14(18)16-7-3-4-8-16/h5-6,9,11H,3-4,7-8H2,1-2H3. The second kappa shape index (κ2) is 5.82. The molecule has 0 aliphatic carbocycles. The Bertz CT molecular complexity index is 482. The predicted molar refractivity (Wildman–Crippen MR) is 70.3 cm³/mol. The van der Waals surface area contributed by atoms with E-state index in [1.807, 2.05) is 0 Å². The molecule has 19 heavy (non-hydrogen) atoms. The largest absolute Gasteiger partial charge is 0.478 e. The third-order valence-electron chi connectivity index (χ3n) is 3.21. The zero-order chi connectivity index (χ0) is 13.8. The minimum absolute atomic E-state index is 0.0325. The van der Waals surface area contributed by atoms with Crippen LogP contribution in [0.3, 0.4) is 0 Å². The van der Waals surface area contributed by atoms with Crippen LogP contribution in [0.15, 0.2) is 12.1 Å². The van der Waals surface area contributed by atoms with Crippen molar-refractivity contribution in [3.8, 4) is 5.75 Å². The second-order valence-corrected chi connectivity index (χ2v) is 4.75. The van der Waals surface area contributed by atoms with Crippen LogP contribution < -0.4 is 4.74 Å². The Labute approximate surface area is 112 Å². The number of aldehydes is 1. The fourth-order valence-electron chi connectivity index (χ4n) is 2.18. The van der Waals surface area contributed by atoms with E-state index in [4.69, 9.17) is 4.74 Å². The first-order valence-corrected chi connectivity index (χ1v) is 6.50. The first-order valence-electron chi connectivity index (χ1n) is 6.50. The number of aryl methyl sites for hydroxylation is 1. The highest BCUT2D eigenvalue weighted by molar-refractivity contribution is 5.82. The lowest BCUT2D eigenvalue weighted by atomic mass is 10.3. The summed E-state index contributed by atoms with van der Waals surface area (Å²) in [7, 11) is 0. The molecule has 1 aliphatic rings. The molecule has 5 heteroatoms. The Balaban J connectivity index is 2.07. The molecule has 1 aromatic heterocycles. The van der Waals surface area contributed by atoms with Crippen molar-refractivity contribution in [2.45, 2.75) is 32.8 Å². The summed E-state index contributed by atoms with van der Waals surface area (Å²) in [4.78, 5) is 28.9. The molecule has 0 radical (unpaired) electrons. The van der Waals surface area contributed by atoms with Crippen molar-refractivity contribution < 1.29 is 14.3 Å². The van der Waals surface area contributed by atoms with E-state index < -0.39 is 6.10 Å². The van der Waals surface area contributed by atoms with Crippen LogP contribution in [0.4, 0.5) is 0 Å². The van der Waals surface area contributed by atoms with E-state index in [9.17, 15) is 9.59 Å². The van der Waals surface area contributed by atoms with Crippen molar-refractivity contribution >= 4 is 12.2 Å². The summed E-state index contributed by atoms with van der Waals surface area (Å²) in [5, 5.41) is 0. The fraction of sp³-hybridized carbons (Fsp3) is 0.500. The number of rotatable bonds is 4. The lowest BCUT2D eigenvalue weighted by molar-refractivity contribution is -0.136. The van der Waals surface area contributed by atoms with Gasteiger partial charge in [0.2, 0.25) is 0 Å². The molecule has 102 valence electrons. The maximum Gasteiger partial charge on any atom is 0.263 e. The lowest BCUT2D eigenvalue weighted by Gasteiger charge is -2.21.